The fourth-order valence-electron chi connectivity index (χ4n) is 3.11. The highest BCUT2D eigenvalue weighted by molar-refractivity contribution is 4.81. The van der Waals surface area contributed by atoms with E-state index in [2.05, 4.69) is 6.92 Å². The SMILES string of the molecule is CC1CCC2CCCCC2C1. The van der Waals surface area contributed by atoms with Crippen LogP contribution >= 0.6 is 0 Å². The molecule has 0 nitrogen and oxygen atoms in total. The lowest BCUT2D eigenvalue weighted by Crippen LogP contribution is -2.26. The Balaban J connectivity index is 1.93. The van der Waals surface area contributed by atoms with Gasteiger partial charge >= 0.3 is 0 Å². The topological polar surface area (TPSA) is 0 Å². The third-order valence-corrected chi connectivity index (χ3v) is 3.80. The molecule has 3 unspecified atom stereocenters. The van der Waals surface area contributed by atoms with Gasteiger partial charge in [0.2, 0.25) is 0 Å². The number of rotatable bonds is 0. The summed E-state index contributed by atoms with van der Waals surface area (Å²) in [6, 6.07) is 0. The van der Waals surface area contributed by atoms with Crippen molar-refractivity contribution in [2.24, 2.45) is 17.8 Å². The second kappa shape index (κ2) is 3.16. The molecule has 2 fully saturated rings. The first-order valence-electron chi connectivity index (χ1n) is 5.36. The molecule has 0 heteroatoms. The van der Waals surface area contributed by atoms with Crippen LogP contribution in [0.3, 0.4) is 0 Å². The van der Waals surface area contributed by atoms with E-state index in [9.17, 15) is 0 Å². The Morgan fingerprint density at radius 1 is 0.818 bits per heavy atom. The zero-order chi connectivity index (χ0) is 7.68. The maximum atomic E-state index is 2.44. The molecule has 0 bridgehead atoms. The molecule has 0 spiro atoms. The summed E-state index contributed by atoms with van der Waals surface area (Å²) in [7, 11) is 0. The van der Waals surface area contributed by atoms with Crippen LogP contribution in [0.1, 0.15) is 51.9 Å². The Bertz CT molecular complexity index is 128. The fraction of sp³-hybridized carbons (Fsp3) is 1.00. The molecule has 0 aromatic carbocycles. The molecule has 0 saturated heterocycles. The smallest absolute Gasteiger partial charge is 0.0383 e. The molecule has 0 heterocycles. The van der Waals surface area contributed by atoms with Crippen molar-refractivity contribution in [2.75, 3.05) is 0 Å². The van der Waals surface area contributed by atoms with E-state index in [0.717, 1.165) is 17.8 Å². The van der Waals surface area contributed by atoms with Crippen molar-refractivity contribution in [1.82, 2.24) is 0 Å². The van der Waals surface area contributed by atoms with Gasteiger partial charge in [-0.3, -0.25) is 0 Å². The minimum Gasteiger partial charge on any atom is -0.0625 e. The van der Waals surface area contributed by atoms with E-state index in [1.54, 1.807) is 25.7 Å². The van der Waals surface area contributed by atoms with Gasteiger partial charge < -0.3 is 0 Å². The highest BCUT2D eigenvalue weighted by Crippen LogP contribution is 2.42. The van der Waals surface area contributed by atoms with Crippen LogP contribution in [0, 0.1) is 17.8 Å². The van der Waals surface area contributed by atoms with Gasteiger partial charge in [-0.2, -0.15) is 0 Å². The second-order valence-electron chi connectivity index (χ2n) is 4.72. The van der Waals surface area contributed by atoms with Gasteiger partial charge in [0.15, 0.2) is 0 Å². The van der Waals surface area contributed by atoms with Gasteiger partial charge in [0.1, 0.15) is 0 Å². The molecular formula is C11H20. The summed E-state index contributed by atoms with van der Waals surface area (Å²) in [6.45, 7) is 2.44. The van der Waals surface area contributed by atoms with Crippen molar-refractivity contribution < 1.29 is 0 Å². The molecule has 2 rings (SSSR count). The van der Waals surface area contributed by atoms with Crippen LogP contribution in [0.4, 0.5) is 0 Å². The largest absolute Gasteiger partial charge is 0.0625 e. The quantitative estimate of drug-likeness (QED) is 0.497. The standard InChI is InChI=1S/C11H20/c1-9-6-7-10-4-2-3-5-11(10)8-9/h9-11H,2-8H2,1H3. The molecule has 0 aromatic heterocycles. The molecule has 2 aliphatic carbocycles. The Morgan fingerprint density at radius 2 is 1.55 bits per heavy atom. The summed E-state index contributed by atoms with van der Waals surface area (Å²) in [4.78, 5) is 0. The number of hydrogen-bond donors (Lipinski definition) is 0. The lowest BCUT2D eigenvalue weighted by molar-refractivity contribution is 0.137. The van der Waals surface area contributed by atoms with Crippen molar-refractivity contribution in [3.63, 3.8) is 0 Å². The van der Waals surface area contributed by atoms with Gasteiger partial charge in [0, 0.05) is 0 Å². The first-order chi connectivity index (χ1) is 5.36. The summed E-state index contributed by atoms with van der Waals surface area (Å²) in [5.41, 5.74) is 0. The summed E-state index contributed by atoms with van der Waals surface area (Å²) in [5, 5.41) is 0. The minimum absolute atomic E-state index is 1.04. The van der Waals surface area contributed by atoms with Gasteiger partial charge in [0.25, 0.3) is 0 Å². The van der Waals surface area contributed by atoms with Gasteiger partial charge in [-0.1, -0.05) is 39.0 Å². The van der Waals surface area contributed by atoms with E-state index < -0.39 is 0 Å². The predicted octanol–water partition coefficient (Wildman–Crippen LogP) is 3.61. The fourth-order valence-corrected chi connectivity index (χ4v) is 3.11. The van der Waals surface area contributed by atoms with E-state index in [-0.39, 0.29) is 0 Å². The van der Waals surface area contributed by atoms with Crippen molar-refractivity contribution in [1.29, 1.82) is 0 Å². The molecular weight excluding hydrogens is 132 g/mol. The molecule has 64 valence electrons. The van der Waals surface area contributed by atoms with Crippen LogP contribution in [-0.2, 0) is 0 Å². The maximum Gasteiger partial charge on any atom is -0.0383 e. The maximum absolute atomic E-state index is 2.44. The molecule has 0 N–H and O–H groups in total. The van der Waals surface area contributed by atoms with E-state index >= 15 is 0 Å². The zero-order valence-electron chi connectivity index (χ0n) is 7.68. The predicted molar refractivity (Wildman–Crippen MR) is 48.5 cm³/mol. The Labute approximate surface area is 70.4 Å². The van der Waals surface area contributed by atoms with E-state index in [1.807, 2.05) is 0 Å². The van der Waals surface area contributed by atoms with Crippen molar-refractivity contribution in [3.8, 4) is 0 Å². The third-order valence-electron chi connectivity index (χ3n) is 3.80. The van der Waals surface area contributed by atoms with Crippen LogP contribution in [0.15, 0.2) is 0 Å². The monoisotopic (exact) mass is 152 g/mol. The highest BCUT2D eigenvalue weighted by Gasteiger charge is 2.29. The summed E-state index contributed by atoms with van der Waals surface area (Å²) < 4.78 is 0. The average Bonchev–Trinajstić information content (AvgIpc) is 2.04. The van der Waals surface area contributed by atoms with Crippen molar-refractivity contribution in [3.05, 3.63) is 0 Å². The van der Waals surface area contributed by atoms with Crippen molar-refractivity contribution in [2.45, 2.75) is 51.9 Å². The molecule has 11 heavy (non-hydrogen) atoms. The normalized spacial score (nSPS) is 45.0. The van der Waals surface area contributed by atoms with Gasteiger partial charge in [-0.15, -0.1) is 0 Å². The van der Waals surface area contributed by atoms with Crippen LogP contribution < -0.4 is 0 Å². The molecule has 0 amide bonds. The summed E-state index contributed by atoms with van der Waals surface area (Å²) in [6.07, 6.45) is 10.8. The second-order valence-corrected chi connectivity index (χ2v) is 4.72. The minimum atomic E-state index is 1.04. The lowest BCUT2D eigenvalue weighted by atomic mass is 9.68. The third kappa shape index (κ3) is 1.60. The lowest BCUT2D eigenvalue weighted by Gasteiger charge is -2.38. The van der Waals surface area contributed by atoms with E-state index in [1.165, 1.54) is 19.3 Å². The van der Waals surface area contributed by atoms with Crippen LogP contribution in [0.2, 0.25) is 0 Å². The Morgan fingerprint density at radius 3 is 2.36 bits per heavy atom. The molecule has 2 saturated carbocycles. The van der Waals surface area contributed by atoms with Crippen LogP contribution in [-0.4, -0.2) is 0 Å². The Kier molecular flexibility index (Phi) is 2.20. The van der Waals surface area contributed by atoms with Crippen molar-refractivity contribution >= 4 is 0 Å². The van der Waals surface area contributed by atoms with Crippen LogP contribution in [0.25, 0.3) is 0 Å². The molecule has 0 aromatic rings. The van der Waals surface area contributed by atoms with Crippen LogP contribution in [0.5, 0.6) is 0 Å². The summed E-state index contributed by atoms with van der Waals surface area (Å²) >= 11 is 0. The molecule has 2 aliphatic rings. The number of fused-ring (bicyclic) bond motifs is 1. The van der Waals surface area contributed by atoms with Gasteiger partial charge in [0.05, 0.1) is 0 Å². The molecule has 0 aliphatic heterocycles. The number of hydrogen-bond acceptors (Lipinski definition) is 0. The zero-order valence-corrected chi connectivity index (χ0v) is 7.68. The van der Waals surface area contributed by atoms with E-state index in [4.69, 9.17) is 0 Å². The van der Waals surface area contributed by atoms with E-state index in [0.29, 0.717) is 0 Å². The average molecular weight is 152 g/mol. The first kappa shape index (κ1) is 7.64. The highest BCUT2D eigenvalue weighted by atomic mass is 14.4. The van der Waals surface area contributed by atoms with Gasteiger partial charge in [-0.05, 0) is 30.6 Å². The molecule has 3 atom stereocenters. The summed E-state index contributed by atoms with van der Waals surface area (Å²) in [5.74, 6) is 3.31. The molecule has 0 radical (unpaired) electrons. The first-order valence-corrected chi connectivity index (χ1v) is 5.36. The van der Waals surface area contributed by atoms with Gasteiger partial charge in [-0.25, -0.2) is 0 Å². The Hall–Kier alpha value is 0.